The van der Waals surface area contributed by atoms with Crippen LogP contribution in [-0.4, -0.2) is 99.1 Å². The summed E-state index contributed by atoms with van der Waals surface area (Å²) in [5.74, 6) is 0.245. The molecule has 0 aliphatic carbocycles. The van der Waals surface area contributed by atoms with Gasteiger partial charge in [0, 0.05) is 6.54 Å². The molecule has 0 aromatic carbocycles. The molecule has 2 heterocycles. The van der Waals surface area contributed by atoms with Crippen LogP contribution in [0.25, 0.3) is 0 Å². The van der Waals surface area contributed by atoms with Crippen molar-refractivity contribution in [2.45, 2.75) is 81.1 Å². The van der Waals surface area contributed by atoms with Crippen molar-refractivity contribution in [3.63, 3.8) is 0 Å². The molecule has 2 aliphatic heterocycles. The maximum absolute atomic E-state index is 12.8. The van der Waals surface area contributed by atoms with E-state index in [4.69, 9.17) is 4.74 Å². The number of carbonyl (C=O) groups excluding carboxylic acids is 1. The molecule has 0 bridgehead atoms. The lowest BCUT2D eigenvalue weighted by Crippen LogP contribution is -2.65. The van der Waals surface area contributed by atoms with Gasteiger partial charge >= 0.3 is 0 Å². The topological polar surface area (TPSA) is 122 Å². The molecule has 9 atom stereocenters. The molecule has 1 amide bonds. The second-order valence-corrected chi connectivity index (χ2v) is 8.73. The molecule has 0 aromatic rings. The van der Waals surface area contributed by atoms with Gasteiger partial charge in [-0.15, -0.1) is 24.2 Å². The minimum atomic E-state index is -1.42. The molecule has 10 heteroatoms. The Labute approximate surface area is 177 Å². The minimum absolute atomic E-state index is 0. The maximum Gasteiger partial charge on any atom is 0.237 e. The van der Waals surface area contributed by atoms with Crippen LogP contribution in [0.5, 0.6) is 0 Å². The molecule has 0 radical (unpaired) electrons. The van der Waals surface area contributed by atoms with Crippen molar-refractivity contribution in [1.29, 1.82) is 0 Å². The van der Waals surface area contributed by atoms with Gasteiger partial charge < -0.3 is 30.5 Å². The van der Waals surface area contributed by atoms with Crippen LogP contribution in [0.4, 0.5) is 0 Å². The van der Waals surface area contributed by atoms with Crippen molar-refractivity contribution in [3.05, 3.63) is 0 Å². The number of ether oxygens (including phenoxy) is 1. The second kappa shape index (κ2) is 11.3. The third kappa shape index (κ3) is 5.72. The van der Waals surface area contributed by atoms with E-state index in [0.717, 1.165) is 25.8 Å². The maximum atomic E-state index is 12.8. The van der Waals surface area contributed by atoms with Gasteiger partial charge in [-0.25, -0.2) is 0 Å². The molecule has 28 heavy (non-hydrogen) atoms. The van der Waals surface area contributed by atoms with E-state index in [0.29, 0.717) is 5.92 Å². The van der Waals surface area contributed by atoms with Gasteiger partial charge in [0.05, 0.1) is 18.2 Å². The van der Waals surface area contributed by atoms with Gasteiger partial charge in [-0.1, -0.05) is 13.3 Å². The zero-order valence-electron chi connectivity index (χ0n) is 16.9. The molecule has 2 aliphatic rings. The van der Waals surface area contributed by atoms with Crippen LogP contribution in [0.2, 0.25) is 0 Å². The SMILES string of the molecule is CCC[C@@H]1C[C@H](C(=O)N[C@@H]([C@@H]2O[C@@H](SC)[C@H](O)[C@@H](O)[C@H]2O)[C@@H](C)O)N(C)C1.Cl. The van der Waals surface area contributed by atoms with E-state index in [1.807, 2.05) is 11.9 Å². The van der Waals surface area contributed by atoms with E-state index in [1.54, 1.807) is 6.26 Å². The lowest BCUT2D eigenvalue weighted by Gasteiger charge is -2.44. The number of aliphatic hydroxyl groups excluding tert-OH is 4. The number of aliphatic hydroxyl groups is 4. The number of nitrogens with zero attached hydrogens (tertiary/aromatic N) is 1. The van der Waals surface area contributed by atoms with E-state index in [1.165, 1.54) is 18.7 Å². The molecule has 8 nitrogen and oxygen atoms in total. The first-order chi connectivity index (χ1) is 12.7. The van der Waals surface area contributed by atoms with Gasteiger partial charge in [-0.3, -0.25) is 9.69 Å². The minimum Gasteiger partial charge on any atom is -0.391 e. The van der Waals surface area contributed by atoms with Crippen molar-refractivity contribution < 1.29 is 30.0 Å². The average molecular weight is 443 g/mol. The number of thioether (sulfide) groups is 1. The smallest absolute Gasteiger partial charge is 0.237 e. The number of likely N-dealkylation sites (tertiary alicyclic amines) is 1. The molecule has 0 unspecified atom stereocenters. The summed E-state index contributed by atoms with van der Waals surface area (Å²) in [7, 11) is 1.91. The monoisotopic (exact) mass is 442 g/mol. The molecule has 5 N–H and O–H groups in total. The quantitative estimate of drug-likeness (QED) is 0.360. The van der Waals surface area contributed by atoms with Gasteiger partial charge in [0.2, 0.25) is 5.91 Å². The fourth-order valence-electron chi connectivity index (χ4n) is 4.13. The highest BCUT2D eigenvalue weighted by atomic mass is 35.5. The summed E-state index contributed by atoms with van der Waals surface area (Å²) < 4.78 is 5.72. The molecule has 0 aromatic heterocycles. The van der Waals surface area contributed by atoms with Gasteiger partial charge in [-0.2, -0.15) is 0 Å². The summed E-state index contributed by atoms with van der Waals surface area (Å²) in [6.45, 7) is 4.48. The summed E-state index contributed by atoms with van der Waals surface area (Å²) in [5, 5.41) is 43.5. The second-order valence-electron chi connectivity index (χ2n) is 7.80. The third-order valence-corrected chi connectivity index (χ3v) is 6.51. The van der Waals surface area contributed by atoms with Gasteiger partial charge in [-0.05, 0) is 39.0 Å². The Morgan fingerprint density at radius 1 is 1.29 bits per heavy atom. The largest absolute Gasteiger partial charge is 0.391 e. The Morgan fingerprint density at radius 2 is 1.93 bits per heavy atom. The highest BCUT2D eigenvalue weighted by Crippen LogP contribution is 2.30. The highest BCUT2D eigenvalue weighted by molar-refractivity contribution is 7.99. The summed E-state index contributed by atoms with van der Waals surface area (Å²) in [6.07, 6.45) is -1.50. The lowest BCUT2D eigenvalue weighted by atomic mass is 9.92. The molecular formula is C18H35ClN2O6S. The van der Waals surface area contributed by atoms with Crippen LogP contribution in [0.15, 0.2) is 0 Å². The first-order valence-corrected chi connectivity index (χ1v) is 10.9. The van der Waals surface area contributed by atoms with Crippen LogP contribution >= 0.6 is 24.2 Å². The van der Waals surface area contributed by atoms with Crippen molar-refractivity contribution in [2.24, 2.45) is 5.92 Å². The number of halogens is 1. The standard InChI is InChI=1S/C18H34N2O6S.ClH/c1-5-6-10-7-11(20(3)8-10)17(25)19-12(9(2)21)16-14(23)13(22)15(24)18(26-16)27-4;/h9-16,18,21-24H,5-8H2,1-4H3,(H,19,25);1H/t9-,10-,11-,12-,13+,14-,15-,16+,18+;/m1./s1. The molecule has 2 saturated heterocycles. The Kier molecular flexibility index (Phi) is 10.5. The molecular weight excluding hydrogens is 408 g/mol. The lowest BCUT2D eigenvalue weighted by molar-refractivity contribution is -0.211. The van der Waals surface area contributed by atoms with Gasteiger partial charge in [0.1, 0.15) is 29.9 Å². The average Bonchev–Trinajstić information content (AvgIpc) is 2.99. The number of nitrogens with one attached hydrogen (secondary N) is 1. The molecule has 2 fully saturated rings. The summed E-state index contributed by atoms with van der Waals surface area (Å²) in [6, 6.07) is -1.20. The van der Waals surface area contributed by atoms with E-state index in [2.05, 4.69) is 12.2 Å². The van der Waals surface area contributed by atoms with Crippen molar-refractivity contribution >= 4 is 30.1 Å². The molecule has 2 rings (SSSR count). The fraction of sp³-hybridized carbons (Fsp3) is 0.944. The van der Waals surface area contributed by atoms with Crippen LogP contribution in [0.1, 0.15) is 33.1 Å². The predicted molar refractivity (Wildman–Crippen MR) is 110 cm³/mol. The Morgan fingerprint density at radius 3 is 2.46 bits per heavy atom. The zero-order chi connectivity index (χ0) is 20.3. The first-order valence-electron chi connectivity index (χ1n) is 9.62. The Balaban J connectivity index is 0.00000392. The molecule has 0 spiro atoms. The fourth-order valence-corrected chi connectivity index (χ4v) is 4.81. The Hall–Kier alpha value is -0.130. The highest BCUT2D eigenvalue weighted by Gasteiger charge is 2.48. The van der Waals surface area contributed by atoms with Gasteiger partial charge in [0.15, 0.2) is 0 Å². The van der Waals surface area contributed by atoms with Crippen LogP contribution in [0, 0.1) is 5.92 Å². The number of carbonyl (C=O) groups is 1. The zero-order valence-corrected chi connectivity index (χ0v) is 18.5. The number of rotatable bonds is 7. The van der Waals surface area contributed by atoms with E-state index in [-0.39, 0.29) is 24.4 Å². The van der Waals surface area contributed by atoms with E-state index < -0.39 is 42.0 Å². The van der Waals surface area contributed by atoms with Crippen molar-refractivity contribution in [2.75, 3.05) is 19.8 Å². The molecule has 166 valence electrons. The normalized spacial score (nSPS) is 38.5. The number of amides is 1. The molecule has 0 saturated carbocycles. The van der Waals surface area contributed by atoms with Crippen LogP contribution in [-0.2, 0) is 9.53 Å². The van der Waals surface area contributed by atoms with Crippen molar-refractivity contribution in [3.8, 4) is 0 Å². The summed E-state index contributed by atoms with van der Waals surface area (Å²) >= 11 is 1.20. The third-order valence-electron chi connectivity index (χ3n) is 5.66. The number of hydrogen-bond acceptors (Lipinski definition) is 8. The van der Waals surface area contributed by atoms with Crippen LogP contribution in [0.3, 0.4) is 0 Å². The van der Waals surface area contributed by atoms with Crippen LogP contribution < -0.4 is 5.32 Å². The summed E-state index contributed by atoms with van der Waals surface area (Å²) in [4.78, 5) is 14.9. The van der Waals surface area contributed by atoms with E-state index >= 15 is 0 Å². The number of likely N-dealkylation sites (N-methyl/N-ethyl adjacent to an activating group) is 1. The van der Waals surface area contributed by atoms with E-state index in [9.17, 15) is 25.2 Å². The first kappa shape index (κ1) is 25.9. The number of hydrogen-bond donors (Lipinski definition) is 5. The Bertz CT molecular complexity index is 501. The predicted octanol–water partition coefficient (Wildman–Crippen LogP) is -0.435. The summed E-state index contributed by atoms with van der Waals surface area (Å²) in [5.41, 5.74) is -0.755. The van der Waals surface area contributed by atoms with Gasteiger partial charge in [0.25, 0.3) is 0 Å². The van der Waals surface area contributed by atoms with Crippen molar-refractivity contribution in [1.82, 2.24) is 10.2 Å².